The molecule has 0 spiro atoms. The molecule has 0 atom stereocenters. The number of nitrogens with zero attached hydrogens (tertiary/aromatic N) is 1. The molecule has 27 heavy (non-hydrogen) atoms. The van der Waals surface area contributed by atoms with Gasteiger partial charge in [-0.1, -0.05) is 48.7 Å². The van der Waals surface area contributed by atoms with Gasteiger partial charge in [-0.2, -0.15) is 5.26 Å². The molecule has 0 heterocycles. The van der Waals surface area contributed by atoms with Crippen molar-refractivity contribution in [2.24, 2.45) is 5.92 Å². The zero-order valence-corrected chi connectivity index (χ0v) is 17.0. The second kappa shape index (κ2) is 9.66. The Balaban J connectivity index is 2.22. The molecule has 4 nitrogen and oxygen atoms in total. The van der Waals surface area contributed by atoms with Gasteiger partial charge in [0.2, 0.25) is 0 Å². The number of anilines is 1. The Hall–Kier alpha value is -2.19. The van der Waals surface area contributed by atoms with Crippen molar-refractivity contribution in [3.8, 4) is 11.8 Å². The third-order valence-corrected chi connectivity index (χ3v) is 4.17. The Morgan fingerprint density at radius 3 is 2.30 bits per heavy atom. The largest absolute Gasteiger partial charge is 0.490 e. The summed E-state index contributed by atoms with van der Waals surface area (Å²) >= 11 is 18.3. The number of hydrogen-bond acceptors (Lipinski definition) is 3. The molecule has 0 unspecified atom stereocenters. The highest BCUT2D eigenvalue weighted by molar-refractivity contribution is 6.37. The topological polar surface area (TPSA) is 62.1 Å². The van der Waals surface area contributed by atoms with E-state index in [4.69, 9.17) is 39.5 Å². The average molecular weight is 424 g/mol. The zero-order chi connectivity index (χ0) is 20.0. The first kappa shape index (κ1) is 21.1. The molecule has 2 rings (SSSR count). The number of nitrogens with one attached hydrogen (secondary N) is 1. The van der Waals surface area contributed by atoms with Gasteiger partial charge < -0.3 is 10.1 Å². The summed E-state index contributed by atoms with van der Waals surface area (Å²) in [7, 11) is 0. The van der Waals surface area contributed by atoms with E-state index in [-0.39, 0.29) is 5.57 Å². The van der Waals surface area contributed by atoms with Crippen molar-refractivity contribution < 1.29 is 9.53 Å². The molecule has 7 heteroatoms. The minimum absolute atomic E-state index is 0.0899. The molecule has 1 N–H and O–H groups in total. The van der Waals surface area contributed by atoms with Gasteiger partial charge in [0.25, 0.3) is 5.91 Å². The van der Waals surface area contributed by atoms with E-state index >= 15 is 0 Å². The van der Waals surface area contributed by atoms with E-state index < -0.39 is 5.91 Å². The van der Waals surface area contributed by atoms with Crippen LogP contribution in [0.5, 0.6) is 5.75 Å². The van der Waals surface area contributed by atoms with Gasteiger partial charge in [0.05, 0.1) is 16.7 Å². The predicted octanol–water partition coefficient (Wildman–Crippen LogP) is 6.23. The maximum atomic E-state index is 12.3. The van der Waals surface area contributed by atoms with Gasteiger partial charge in [-0.3, -0.25) is 4.79 Å². The Kier molecular flexibility index (Phi) is 7.55. The highest BCUT2D eigenvalue weighted by atomic mass is 35.5. The molecular weight excluding hydrogens is 407 g/mol. The predicted molar refractivity (Wildman–Crippen MR) is 110 cm³/mol. The number of nitriles is 1. The summed E-state index contributed by atoms with van der Waals surface area (Å²) in [5.41, 5.74) is 0.955. The molecule has 1 amide bonds. The molecule has 140 valence electrons. The van der Waals surface area contributed by atoms with Crippen molar-refractivity contribution in [1.82, 2.24) is 0 Å². The number of ether oxygens (including phenoxy) is 1. The number of hydrogen-bond donors (Lipinski definition) is 1. The molecule has 0 bridgehead atoms. The monoisotopic (exact) mass is 422 g/mol. The van der Waals surface area contributed by atoms with Crippen molar-refractivity contribution in [3.05, 3.63) is 62.6 Å². The number of amides is 1. The van der Waals surface area contributed by atoms with E-state index in [1.165, 1.54) is 6.08 Å². The molecule has 0 saturated heterocycles. The lowest BCUT2D eigenvalue weighted by Gasteiger charge is -2.12. The van der Waals surface area contributed by atoms with Crippen LogP contribution in [0.3, 0.4) is 0 Å². The molecule has 0 radical (unpaired) electrons. The fourth-order valence-corrected chi connectivity index (χ4v) is 2.84. The van der Waals surface area contributed by atoms with E-state index in [1.54, 1.807) is 36.4 Å². The quantitative estimate of drug-likeness (QED) is 0.442. The zero-order valence-electron chi connectivity index (χ0n) is 14.7. The Morgan fingerprint density at radius 1 is 1.19 bits per heavy atom. The molecule has 0 fully saturated rings. The highest BCUT2D eigenvalue weighted by Gasteiger charge is 2.13. The Labute approximate surface area is 173 Å². The maximum Gasteiger partial charge on any atom is 0.266 e. The third kappa shape index (κ3) is 6.18. The van der Waals surface area contributed by atoms with E-state index in [0.29, 0.717) is 44.6 Å². The smallest absolute Gasteiger partial charge is 0.266 e. The first-order valence-corrected chi connectivity index (χ1v) is 9.24. The normalized spacial score (nSPS) is 11.2. The van der Waals surface area contributed by atoms with Crippen LogP contribution in [-0.2, 0) is 4.79 Å². The lowest BCUT2D eigenvalue weighted by Crippen LogP contribution is -2.13. The van der Waals surface area contributed by atoms with Crippen LogP contribution in [0.1, 0.15) is 19.4 Å². The molecule has 0 aromatic heterocycles. The van der Waals surface area contributed by atoms with Crippen LogP contribution in [-0.4, -0.2) is 12.5 Å². The summed E-state index contributed by atoms with van der Waals surface area (Å²) in [6, 6.07) is 11.6. The molecule has 0 saturated carbocycles. The molecule has 2 aromatic rings. The minimum Gasteiger partial charge on any atom is -0.490 e. The summed E-state index contributed by atoms with van der Waals surface area (Å²) in [5, 5.41) is 13.1. The molecule has 0 aliphatic heterocycles. The molecule has 0 aliphatic carbocycles. The number of carbonyl (C=O) groups is 1. The second-order valence-electron chi connectivity index (χ2n) is 6.15. The van der Waals surface area contributed by atoms with Crippen LogP contribution in [0.15, 0.2) is 42.0 Å². The molecule has 2 aromatic carbocycles. The van der Waals surface area contributed by atoms with Crippen LogP contribution in [0.25, 0.3) is 6.08 Å². The average Bonchev–Trinajstić information content (AvgIpc) is 2.60. The second-order valence-corrected chi connectivity index (χ2v) is 7.40. The van der Waals surface area contributed by atoms with Gasteiger partial charge in [0.15, 0.2) is 5.75 Å². The van der Waals surface area contributed by atoms with Crippen LogP contribution in [0.4, 0.5) is 5.69 Å². The summed E-state index contributed by atoms with van der Waals surface area (Å²) in [4.78, 5) is 12.3. The van der Waals surface area contributed by atoms with E-state index in [9.17, 15) is 10.1 Å². The fraction of sp³-hybridized carbons (Fsp3) is 0.200. The lowest BCUT2D eigenvalue weighted by molar-refractivity contribution is -0.112. The lowest BCUT2D eigenvalue weighted by atomic mass is 10.1. The summed E-state index contributed by atoms with van der Waals surface area (Å²) in [6.45, 7) is 4.50. The van der Waals surface area contributed by atoms with Crippen molar-refractivity contribution >= 4 is 52.5 Å². The Morgan fingerprint density at radius 2 is 1.78 bits per heavy atom. The SMILES string of the molecule is CC(C)COc1c(Cl)cc(/C=C(\C#N)C(=O)Nc2ccc(Cl)cc2)cc1Cl. The van der Waals surface area contributed by atoms with E-state index in [2.05, 4.69) is 5.32 Å². The number of rotatable bonds is 6. The van der Waals surface area contributed by atoms with Crippen LogP contribution in [0, 0.1) is 17.2 Å². The van der Waals surface area contributed by atoms with Gasteiger partial charge in [0.1, 0.15) is 11.6 Å². The van der Waals surface area contributed by atoms with E-state index in [0.717, 1.165) is 0 Å². The van der Waals surface area contributed by atoms with Crippen LogP contribution >= 0.6 is 34.8 Å². The highest BCUT2D eigenvalue weighted by Crippen LogP contribution is 2.35. The Bertz CT molecular complexity index is 877. The van der Waals surface area contributed by atoms with Gasteiger partial charge in [-0.15, -0.1) is 0 Å². The fourth-order valence-electron chi connectivity index (χ4n) is 2.10. The van der Waals surface area contributed by atoms with Crippen molar-refractivity contribution in [3.63, 3.8) is 0 Å². The number of carbonyl (C=O) groups excluding carboxylic acids is 1. The first-order valence-electron chi connectivity index (χ1n) is 8.10. The summed E-state index contributed by atoms with van der Waals surface area (Å²) in [6.07, 6.45) is 1.41. The van der Waals surface area contributed by atoms with Crippen LogP contribution in [0.2, 0.25) is 15.1 Å². The molecule has 0 aliphatic rings. The van der Waals surface area contributed by atoms with Crippen LogP contribution < -0.4 is 10.1 Å². The maximum absolute atomic E-state index is 12.3. The number of halogens is 3. The van der Waals surface area contributed by atoms with Gasteiger partial charge in [-0.25, -0.2) is 0 Å². The first-order chi connectivity index (χ1) is 12.8. The summed E-state index contributed by atoms with van der Waals surface area (Å²) < 4.78 is 5.61. The summed E-state index contributed by atoms with van der Waals surface area (Å²) in [5.74, 6) is 0.152. The minimum atomic E-state index is -0.549. The van der Waals surface area contributed by atoms with Gasteiger partial charge in [-0.05, 0) is 54.0 Å². The van der Waals surface area contributed by atoms with Gasteiger partial charge in [0, 0.05) is 10.7 Å². The van der Waals surface area contributed by atoms with E-state index in [1.807, 2.05) is 19.9 Å². The number of benzene rings is 2. The van der Waals surface area contributed by atoms with Crippen molar-refractivity contribution in [2.45, 2.75) is 13.8 Å². The van der Waals surface area contributed by atoms with Crippen molar-refractivity contribution in [2.75, 3.05) is 11.9 Å². The molecular formula is C20H17Cl3N2O2. The van der Waals surface area contributed by atoms with Crippen molar-refractivity contribution in [1.29, 1.82) is 5.26 Å². The standard InChI is InChI=1S/C20H17Cl3N2O2/c1-12(2)11-27-19-17(22)8-13(9-18(19)23)7-14(10-24)20(26)25-16-5-3-15(21)4-6-16/h3-9,12H,11H2,1-2H3,(H,25,26)/b14-7+. The van der Waals surface area contributed by atoms with Gasteiger partial charge >= 0.3 is 0 Å². The third-order valence-electron chi connectivity index (χ3n) is 3.36.